The first kappa shape index (κ1) is 17.4. The maximum Gasteiger partial charge on any atom is 0.0731 e. The van der Waals surface area contributed by atoms with Crippen molar-refractivity contribution in [3.8, 4) is 22.3 Å². The average molecular weight is 417 g/mol. The Morgan fingerprint density at radius 2 is 0.909 bits per heavy atom. The molecule has 0 bridgehead atoms. The third kappa shape index (κ3) is 1.94. The van der Waals surface area contributed by atoms with Gasteiger partial charge in [0.05, 0.1) is 5.41 Å². The van der Waals surface area contributed by atoms with Gasteiger partial charge in [-0.15, -0.1) is 0 Å². The van der Waals surface area contributed by atoms with Gasteiger partial charge in [-0.05, 0) is 66.1 Å². The van der Waals surface area contributed by atoms with Gasteiger partial charge >= 0.3 is 0 Å². The molecule has 152 valence electrons. The second kappa shape index (κ2) is 5.99. The van der Waals surface area contributed by atoms with Gasteiger partial charge in [-0.1, -0.05) is 121 Å². The summed E-state index contributed by atoms with van der Waals surface area (Å²) in [5, 5.41) is 5.29. The van der Waals surface area contributed by atoms with Crippen molar-refractivity contribution < 1.29 is 0 Å². The fourth-order valence-electron chi connectivity index (χ4n) is 6.69. The van der Waals surface area contributed by atoms with Crippen molar-refractivity contribution >= 4 is 21.5 Å². The maximum absolute atomic E-state index is 2.39. The summed E-state index contributed by atoms with van der Waals surface area (Å²) in [6.07, 6.45) is 0. The van der Waals surface area contributed by atoms with Crippen molar-refractivity contribution in [3.05, 3.63) is 144 Å². The Labute approximate surface area is 192 Å². The van der Waals surface area contributed by atoms with Crippen LogP contribution in [-0.4, -0.2) is 0 Å². The molecule has 2 aliphatic carbocycles. The van der Waals surface area contributed by atoms with E-state index in [1.54, 1.807) is 0 Å². The molecule has 0 heteroatoms. The van der Waals surface area contributed by atoms with Crippen molar-refractivity contribution in [1.82, 2.24) is 0 Å². The van der Waals surface area contributed by atoms with Crippen molar-refractivity contribution in [1.29, 1.82) is 0 Å². The van der Waals surface area contributed by atoms with Crippen molar-refractivity contribution in [3.63, 3.8) is 0 Å². The predicted octanol–water partition coefficient (Wildman–Crippen LogP) is 8.34. The molecule has 0 N–H and O–H groups in total. The van der Waals surface area contributed by atoms with E-state index in [9.17, 15) is 0 Å². The normalized spacial score (nSPS) is 14.3. The van der Waals surface area contributed by atoms with Crippen LogP contribution in [0.2, 0.25) is 0 Å². The Kier molecular flexibility index (Phi) is 3.16. The predicted molar refractivity (Wildman–Crippen MR) is 138 cm³/mol. The molecule has 0 amide bonds. The van der Waals surface area contributed by atoms with Gasteiger partial charge in [-0.3, -0.25) is 0 Å². The number of rotatable bonds is 0. The SMILES string of the molecule is c1ccc2c(c1)-c1ccccc1C21c2ccc3ccccc3c2-c2ccc3ccccc3c21. The van der Waals surface area contributed by atoms with E-state index >= 15 is 0 Å². The van der Waals surface area contributed by atoms with E-state index in [0.717, 1.165) is 0 Å². The molecule has 0 saturated heterocycles. The lowest BCUT2D eigenvalue weighted by Gasteiger charge is -2.31. The van der Waals surface area contributed by atoms with E-state index in [2.05, 4.69) is 121 Å². The number of hydrogen-bond donors (Lipinski definition) is 0. The largest absolute Gasteiger partial charge is 0.0731 e. The first-order chi connectivity index (χ1) is 16.4. The minimum Gasteiger partial charge on any atom is -0.0619 e. The highest BCUT2D eigenvalue weighted by molar-refractivity contribution is 6.10. The number of hydrogen-bond acceptors (Lipinski definition) is 0. The van der Waals surface area contributed by atoms with Gasteiger partial charge < -0.3 is 0 Å². The van der Waals surface area contributed by atoms with E-state index < -0.39 is 0 Å². The summed E-state index contributed by atoms with van der Waals surface area (Å²) in [7, 11) is 0. The monoisotopic (exact) mass is 416 g/mol. The molecule has 0 heterocycles. The summed E-state index contributed by atoms with van der Waals surface area (Å²) in [4.78, 5) is 0. The highest BCUT2D eigenvalue weighted by atomic mass is 14.5. The highest BCUT2D eigenvalue weighted by Crippen LogP contribution is 2.64. The number of benzene rings is 6. The van der Waals surface area contributed by atoms with Crippen LogP contribution in [0.3, 0.4) is 0 Å². The molecule has 2 aliphatic rings. The van der Waals surface area contributed by atoms with Crippen LogP contribution in [-0.2, 0) is 5.41 Å². The molecule has 0 atom stereocenters. The fourth-order valence-corrected chi connectivity index (χ4v) is 6.69. The van der Waals surface area contributed by atoms with Crippen LogP contribution in [0.5, 0.6) is 0 Å². The Morgan fingerprint density at radius 3 is 1.64 bits per heavy atom. The molecule has 8 rings (SSSR count). The van der Waals surface area contributed by atoms with Gasteiger partial charge in [0.25, 0.3) is 0 Å². The van der Waals surface area contributed by atoms with Gasteiger partial charge in [-0.2, -0.15) is 0 Å². The van der Waals surface area contributed by atoms with Crippen LogP contribution in [0, 0.1) is 0 Å². The van der Waals surface area contributed by atoms with Crippen LogP contribution in [0.4, 0.5) is 0 Å². The summed E-state index contributed by atoms with van der Waals surface area (Å²) in [6, 6.07) is 45.2. The van der Waals surface area contributed by atoms with Crippen molar-refractivity contribution in [2.75, 3.05) is 0 Å². The standard InChI is InChI=1S/C33H20/c1-3-11-23-21(9-1)18-20-30-31(23)27-19-17-22-10-2-4-12-24(22)32(27)33(30)28-15-7-5-13-25(28)26-14-6-8-16-29(26)33/h1-20H. The quantitative estimate of drug-likeness (QED) is 0.233. The first-order valence-corrected chi connectivity index (χ1v) is 11.6. The van der Waals surface area contributed by atoms with Crippen molar-refractivity contribution in [2.24, 2.45) is 0 Å². The Balaban J connectivity index is 1.69. The van der Waals surface area contributed by atoms with Crippen molar-refractivity contribution in [2.45, 2.75) is 5.41 Å². The Hall–Kier alpha value is -4.16. The van der Waals surface area contributed by atoms with Gasteiger partial charge in [0.1, 0.15) is 0 Å². The molecule has 0 aromatic heterocycles. The van der Waals surface area contributed by atoms with Gasteiger partial charge in [-0.25, -0.2) is 0 Å². The van der Waals surface area contributed by atoms with Crippen LogP contribution in [0.1, 0.15) is 22.3 Å². The molecule has 0 radical (unpaired) electrons. The zero-order chi connectivity index (χ0) is 21.6. The minimum absolute atomic E-state index is 0.303. The average Bonchev–Trinajstić information content (AvgIpc) is 3.36. The van der Waals surface area contributed by atoms with Crippen LogP contribution in [0.15, 0.2) is 121 Å². The zero-order valence-electron chi connectivity index (χ0n) is 18.0. The van der Waals surface area contributed by atoms with Crippen LogP contribution >= 0.6 is 0 Å². The lowest BCUT2D eigenvalue weighted by molar-refractivity contribution is 0.802. The third-order valence-corrected chi connectivity index (χ3v) is 7.86. The lowest BCUT2D eigenvalue weighted by atomic mass is 9.69. The van der Waals surface area contributed by atoms with Gasteiger partial charge in [0.2, 0.25) is 0 Å². The molecule has 6 aromatic carbocycles. The summed E-state index contributed by atoms with van der Waals surface area (Å²) in [5.41, 5.74) is 10.8. The number of fused-ring (bicyclic) bond motifs is 14. The topological polar surface area (TPSA) is 0 Å². The van der Waals surface area contributed by atoms with Crippen LogP contribution in [0.25, 0.3) is 43.8 Å². The van der Waals surface area contributed by atoms with E-state index in [1.165, 1.54) is 66.1 Å². The summed E-state index contributed by atoms with van der Waals surface area (Å²) >= 11 is 0. The maximum atomic E-state index is 2.39. The van der Waals surface area contributed by atoms with Gasteiger partial charge in [0.15, 0.2) is 0 Å². The minimum atomic E-state index is -0.303. The van der Waals surface area contributed by atoms with E-state index in [1.807, 2.05) is 0 Å². The van der Waals surface area contributed by atoms with E-state index in [4.69, 9.17) is 0 Å². The molecule has 6 aromatic rings. The smallest absolute Gasteiger partial charge is 0.0619 e. The molecular weight excluding hydrogens is 396 g/mol. The van der Waals surface area contributed by atoms with Gasteiger partial charge in [0, 0.05) is 0 Å². The zero-order valence-corrected chi connectivity index (χ0v) is 18.0. The fraction of sp³-hybridized carbons (Fsp3) is 0.0303. The molecule has 0 fully saturated rings. The molecular formula is C33H20. The molecule has 0 nitrogen and oxygen atoms in total. The second-order valence-corrected chi connectivity index (χ2v) is 9.26. The first-order valence-electron chi connectivity index (χ1n) is 11.6. The molecule has 0 saturated carbocycles. The molecule has 0 aliphatic heterocycles. The van der Waals surface area contributed by atoms with Crippen LogP contribution < -0.4 is 0 Å². The van der Waals surface area contributed by atoms with E-state index in [-0.39, 0.29) is 5.41 Å². The summed E-state index contributed by atoms with van der Waals surface area (Å²) in [6.45, 7) is 0. The molecule has 33 heavy (non-hydrogen) atoms. The Bertz CT molecular complexity index is 1720. The summed E-state index contributed by atoms with van der Waals surface area (Å²) < 4.78 is 0. The molecule has 0 unspecified atom stereocenters. The third-order valence-electron chi connectivity index (χ3n) is 7.86. The molecule has 1 spiro atoms. The van der Waals surface area contributed by atoms with E-state index in [0.29, 0.717) is 0 Å². The second-order valence-electron chi connectivity index (χ2n) is 9.26. The lowest BCUT2D eigenvalue weighted by Crippen LogP contribution is -2.26. The Morgan fingerprint density at radius 1 is 0.364 bits per heavy atom. The highest BCUT2D eigenvalue weighted by Gasteiger charge is 2.52. The summed E-state index contributed by atoms with van der Waals surface area (Å²) in [5.74, 6) is 0.